The van der Waals surface area contributed by atoms with Crippen LogP contribution in [0, 0.1) is 5.92 Å². The molecular weight excluding hydrogens is 304 g/mol. The van der Waals surface area contributed by atoms with E-state index in [-0.39, 0.29) is 24.4 Å². The summed E-state index contributed by atoms with van der Waals surface area (Å²) in [6, 6.07) is 5.53. The number of nitrogens with zero attached hydrogens (tertiary/aromatic N) is 1. The number of carbonyl (C=O) groups is 1. The van der Waals surface area contributed by atoms with E-state index < -0.39 is 0 Å². The van der Waals surface area contributed by atoms with Crippen LogP contribution in [0.3, 0.4) is 0 Å². The van der Waals surface area contributed by atoms with Crippen LogP contribution in [0.1, 0.15) is 30.1 Å². The van der Waals surface area contributed by atoms with E-state index in [0.29, 0.717) is 42.7 Å². The van der Waals surface area contributed by atoms with Gasteiger partial charge in [-0.05, 0) is 37.0 Å². The SMILES string of the molecule is CC1CCCN(C(=O)c2ccc3c(c2)OCCO3)C1CN.Cl. The summed E-state index contributed by atoms with van der Waals surface area (Å²) in [7, 11) is 0. The number of halogens is 1. The third kappa shape index (κ3) is 3.15. The van der Waals surface area contributed by atoms with Gasteiger partial charge in [0.15, 0.2) is 11.5 Å². The van der Waals surface area contributed by atoms with Crippen molar-refractivity contribution in [1.82, 2.24) is 4.90 Å². The van der Waals surface area contributed by atoms with Gasteiger partial charge in [0.05, 0.1) is 0 Å². The maximum Gasteiger partial charge on any atom is 0.254 e. The van der Waals surface area contributed by atoms with Crippen molar-refractivity contribution in [3.8, 4) is 11.5 Å². The zero-order valence-corrected chi connectivity index (χ0v) is 13.6. The fourth-order valence-corrected chi connectivity index (χ4v) is 3.20. The van der Waals surface area contributed by atoms with Crippen molar-refractivity contribution in [2.24, 2.45) is 11.7 Å². The number of piperidine rings is 1. The Morgan fingerprint density at radius 2 is 2.05 bits per heavy atom. The number of amides is 1. The van der Waals surface area contributed by atoms with Gasteiger partial charge in [0.25, 0.3) is 5.91 Å². The lowest BCUT2D eigenvalue weighted by Crippen LogP contribution is -2.51. The van der Waals surface area contributed by atoms with Crippen LogP contribution in [-0.2, 0) is 0 Å². The van der Waals surface area contributed by atoms with Crippen LogP contribution in [0.25, 0.3) is 0 Å². The first-order chi connectivity index (χ1) is 10.2. The largest absolute Gasteiger partial charge is 0.486 e. The van der Waals surface area contributed by atoms with Crippen LogP contribution >= 0.6 is 12.4 Å². The van der Waals surface area contributed by atoms with Crippen molar-refractivity contribution >= 4 is 18.3 Å². The number of carbonyl (C=O) groups excluding carboxylic acids is 1. The number of nitrogens with two attached hydrogens (primary N) is 1. The molecule has 1 saturated heterocycles. The molecule has 6 heteroatoms. The molecule has 2 aliphatic rings. The topological polar surface area (TPSA) is 64.8 Å². The van der Waals surface area contributed by atoms with E-state index in [0.717, 1.165) is 19.4 Å². The number of ether oxygens (including phenoxy) is 2. The van der Waals surface area contributed by atoms with Crippen molar-refractivity contribution in [3.05, 3.63) is 23.8 Å². The molecule has 0 spiro atoms. The number of rotatable bonds is 2. The highest BCUT2D eigenvalue weighted by molar-refractivity contribution is 5.95. The minimum Gasteiger partial charge on any atom is -0.486 e. The molecule has 5 nitrogen and oxygen atoms in total. The molecule has 122 valence electrons. The zero-order valence-electron chi connectivity index (χ0n) is 12.8. The quantitative estimate of drug-likeness (QED) is 0.903. The number of likely N-dealkylation sites (tertiary alicyclic amines) is 1. The summed E-state index contributed by atoms with van der Waals surface area (Å²) in [5.41, 5.74) is 6.52. The van der Waals surface area contributed by atoms with Gasteiger partial charge < -0.3 is 20.1 Å². The van der Waals surface area contributed by atoms with Gasteiger partial charge in [-0.3, -0.25) is 4.79 Å². The molecule has 0 aliphatic carbocycles. The molecule has 1 aromatic rings. The van der Waals surface area contributed by atoms with Crippen LogP contribution in [0.4, 0.5) is 0 Å². The third-order valence-corrected chi connectivity index (χ3v) is 4.41. The second-order valence-electron chi connectivity index (χ2n) is 5.78. The Morgan fingerprint density at radius 1 is 1.32 bits per heavy atom. The van der Waals surface area contributed by atoms with Gasteiger partial charge in [0.2, 0.25) is 0 Å². The average molecular weight is 327 g/mol. The molecule has 0 saturated carbocycles. The van der Waals surface area contributed by atoms with E-state index in [2.05, 4.69) is 6.92 Å². The van der Waals surface area contributed by atoms with Gasteiger partial charge in [0, 0.05) is 24.7 Å². The summed E-state index contributed by atoms with van der Waals surface area (Å²) >= 11 is 0. The summed E-state index contributed by atoms with van der Waals surface area (Å²) in [5.74, 6) is 1.85. The Bertz CT molecular complexity index is 538. The number of benzene rings is 1. The summed E-state index contributed by atoms with van der Waals surface area (Å²) in [4.78, 5) is 14.7. The van der Waals surface area contributed by atoms with Crippen LogP contribution in [0.15, 0.2) is 18.2 Å². The normalized spacial score (nSPS) is 23.6. The summed E-state index contributed by atoms with van der Waals surface area (Å²) in [6.45, 7) is 4.54. The molecule has 0 aromatic heterocycles. The Balaban J connectivity index is 0.00000176. The summed E-state index contributed by atoms with van der Waals surface area (Å²) < 4.78 is 11.0. The van der Waals surface area contributed by atoms with Crippen molar-refractivity contribution in [2.75, 3.05) is 26.3 Å². The van der Waals surface area contributed by atoms with E-state index in [4.69, 9.17) is 15.2 Å². The van der Waals surface area contributed by atoms with Crippen molar-refractivity contribution in [1.29, 1.82) is 0 Å². The van der Waals surface area contributed by atoms with E-state index in [1.54, 1.807) is 6.07 Å². The molecule has 2 heterocycles. The molecule has 2 atom stereocenters. The van der Waals surface area contributed by atoms with Gasteiger partial charge in [-0.2, -0.15) is 0 Å². The van der Waals surface area contributed by atoms with Crippen LogP contribution in [-0.4, -0.2) is 43.2 Å². The first-order valence-electron chi connectivity index (χ1n) is 7.61. The van der Waals surface area contributed by atoms with Crippen molar-refractivity contribution < 1.29 is 14.3 Å². The smallest absolute Gasteiger partial charge is 0.254 e. The number of hydrogen-bond acceptors (Lipinski definition) is 4. The molecule has 22 heavy (non-hydrogen) atoms. The van der Waals surface area contributed by atoms with E-state index >= 15 is 0 Å². The maximum atomic E-state index is 12.8. The van der Waals surface area contributed by atoms with E-state index in [9.17, 15) is 4.79 Å². The molecule has 0 bridgehead atoms. The van der Waals surface area contributed by atoms with Crippen LogP contribution in [0.5, 0.6) is 11.5 Å². The first-order valence-corrected chi connectivity index (χ1v) is 7.61. The Kier molecular flexibility index (Phi) is 5.53. The monoisotopic (exact) mass is 326 g/mol. The van der Waals surface area contributed by atoms with E-state index in [1.165, 1.54) is 0 Å². The lowest BCUT2D eigenvalue weighted by molar-refractivity contribution is 0.0531. The molecule has 2 unspecified atom stereocenters. The zero-order chi connectivity index (χ0) is 14.8. The second kappa shape index (κ2) is 7.20. The lowest BCUT2D eigenvalue weighted by atomic mass is 9.90. The van der Waals surface area contributed by atoms with Crippen LogP contribution < -0.4 is 15.2 Å². The second-order valence-corrected chi connectivity index (χ2v) is 5.78. The fourth-order valence-electron chi connectivity index (χ4n) is 3.20. The summed E-state index contributed by atoms with van der Waals surface area (Å²) in [6.07, 6.45) is 2.17. The maximum absolute atomic E-state index is 12.8. The molecule has 1 aromatic carbocycles. The fraction of sp³-hybridized carbons (Fsp3) is 0.562. The molecule has 1 fully saturated rings. The summed E-state index contributed by atoms with van der Waals surface area (Å²) in [5, 5.41) is 0. The van der Waals surface area contributed by atoms with Gasteiger partial charge >= 0.3 is 0 Å². The highest BCUT2D eigenvalue weighted by Crippen LogP contribution is 2.32. The third-order valence-electron chi connectivity index (χ3n) is 4.41. The van der Waals surface area contributed by atoms with E-state index in [1.807, 2.05) is 17.0 Å². The standard InChI is InChI=1S/C16H22N2O3.ClH/c1-11-3-2-6-18(13(11)10-17)16(19)12-4-5-14-15(9-12)21-8-7-20-14;/h4-5,9,11,13H,2-3,6-8,10,17H2,1H3;1H. The predicted molar refractivity (Wildman–Crippen MR) is 87.0 cm³/mol. The van der Waals surface area contributed by atoms with Gasteiger partial charge in [-0.25, -0.2) is 0 Å². The molecule has 2 aliphatic heterocycles. The predicted octanol–water partition coefficient (Wildman–Crippen LogP) is 2.08. The Morgan fingerprint density at radius 3 is 2.77 bits per heavy atom. The number of fused-ring (bicyclic) bond motifs is 1. The minimum absolute atomic E-state index is 0. The molecule has 2 N–H and O–H groups in total. The van der Waals surface area contributed by atoms with Crippen LogP contribution in [0.2, 0.25) is 0 Å². The Hall–Kier alpha value is -1.46. The highest BCUT2D eigenvalue weighted by atomic mass is 35.5. The minimum atomic E-state index is 0. The Labute approximate surface area is 137 Å². The average Bonchev–Trinajstić information content (AvgIpc) is 2.53. The van der Waals surface area contributed by atoms with Gasteiger partial charge in [-0.1, -0.05) is 6.92 Å². The van der Waals surface area contributed by atoms with Crippen molar-refractivity contribution in [3.63, 3.8) is 0 Å². The highest BCUT2D eigenvalue weighted by Gasteiger charge is 2.31. The lowest BCUT2D eigenvalue weighted by Gasteiger charge is -2.39. The molecule has 0 radical (unpaired) electrons. The van der Waals surface area contributed by atoms with Gasteiger partial charge in [-0.15, -0.1) is 12.4 Å². The number of hydrogen-bond donors (Lipinski definition) is 1. The molecular formula is C16H23ClN2O3. The molecule has 3 rings (SSSR count). The van der Waals surface area contributed by atoms with Gasteiger partial charge in [0.1, 0.15) is 13.2 Å². The molecule has 1 amide bonds. The first kappa shape index (κ1) is 16.9. The van der Waals surface area contributed by atoms with Crippen molar-refractivity contribution in [2.45, 2.75) is 25.8 Å².